The Hall–Kier alpha value is -0.370. The van der Waals surface area contributed by atoms with Crippen molar-refractivity contribution in [3.63, 3.8) is 0 Å². The second-order valence-corrected chi connectivity index (χ2v) is 3.41. The summed E-state index contributed by atoms with van der Waals surface area (Å²) in [5.74, 6) is 0.116. The van der Waals surface area contributed by atoms with Crippen LogP contribution in [-0.4, -0.2) is 5.78 Å². The van der Waals surface area contributed by atoms with Crippen LogP contribution in [0.5, 0.6) is 0 Å². The van der Waals surface area contributed by atoms with Crippen molar-refractivity contribution in [1.82, 2.24) is 0 Å². The van der Waals surface area contributed by atoms with E-state index in [4.69, 9.17) is 0 Å². The van der Waals surface area contributed by atoms with Gasteiger partial charge in [-0.2, -0.15) is 0 Å². The normalized spacial score (nSPS) is 13.6. The molecule has 2 heteroatoms. The van der Waals surface area contributed by atoms with E-state index in [1.54, 1.807) is 19.9 Å². The third kappa shape index (κ3) is 4.50. The van der Waals surface area contributed by atoms with Gasteiger partial charge in [0, 0.05) is 0 Å². The fourth-order valence-corrected chi connectivity index (χ4v) is 0.489. The highest BCUT2D eigenvalue weighted by Crippen LogP contribution is 2.03. The molecule has 0 heterocycles. The SMILES string of the molecule is CC(=O)C(C)=CC=C(C)Br. The largest absolute Gasteiger partial charge is 0.295 e. The van der Waals surface area contributed by atoms with Crippen LogP contribution in [0.2, 0.25) is 0 Å². The van der Waals surface area contributed by atoms with Gasteiger partial charge in [-0.15, -0.1) is 0 Å². The van der Waals surface area contributed by atoms with Crippen LogP contribution >= 0.6 is 15.9 Å². The Morgan fingerprint density at radius 3 is 2.00 bits per heavy atom. The number of ketones is 1. The van der Waals surface area contributed by atoms with Crippen LogP contribution in [0, 0.1) is 0 Å². The lowest BCUT2D eigenvalue weighted by molar-refractivity contribution is -0.113. The lowest BCUT2D eigenvalue weighted by atomic mass is 10.2. The van der Waals surface area contributed by atoms with Gasteiger partial charge in [0.25, 0.3) is 0 Å². The molecule has 0 aliphatic heterocycles. The molecule has 0 bridgehead atoms. The molecule has 0 saturated heterocycles. The van der Waals surface area contributed by atoms with Crippen LogP contribution in [0.3, 0.4) is 0 Å². The molecular formula is C8H11BrO. The minimum atomic E-state index is 0.116. The Kier molecular flexibility index (Phi) is 4.28. The van der Waals surface area contributed by atoms with Crippen molar-refractivity contribution in [2.24, 2.45) is 0 Å². The van der Waals surface area contributed by atoms with Gasteiger partial charge in [0.1, 0.15) is 0 Å². The van der Waals surface area contributed by atoms with Gasteiger partial charge in [-0.05, 0) is 30.8 Å². The Morgan fingerprint density at radius 2 is 1.70 bits per heavy atom. The predicted molar refractivity (Wildman–Crippen MR) is 47.1 cm³/mol. The number of allylic oxidation sites excluding steroid dienone is 4. The molecular weight excluding hydrogens is 192 g/mol. The van der Waals surface area contributed by atoms with Crippen molar-refractivity contribution in [2.45, 2.75) is 20.8 Å². The van der Waals surface area contributed by atoms with Gasteiger partial charge in [0.2, 0.25) is 0 Å². The molecule has 0 aliphatic rings. The number of halogens is 1. The molecule has 0 aliphatic carbocycles. The highest BCUT2D eigenvalue weighted by Gasteiger charge is 1.91. The maximum absolute atomic E-state index is 10.6. The van der Waals surface area contributed by atoms with Crippen LogP contribution in [0.25, 0.3) is 0 Å². The average molecular weight is 203 g/mol. The molecule has 0 aromatic rings. The quantitative estimate of drug-likeness (QED) is 0.498. The monoisotopic (exact) mass is 202 g/mol. The fourth-order valence-electron chi connectivity index (χ4n) is 0.357. The lowest BCUT2D eigenvalue weighted by Crippen LogP contribution is -1.89. The summed E-state index contributed by atoms with van der Waals surface area (Å²) < 4.78 is 1.02. The summed E-state index contributed by atoms with van der Waals surface area (Å²) in [6.45, 7) is 5.28. The van der Waals surface area contributed by atoms with Gasteiger partial charge in [0.05, 0.1) is 0 Å². The van der Waals surface area contributed by atoms with Crippen LogP contribution in [-0.2, 0) is 4.79 Å². The topological polar surface area (TPSA) is 17.1 Å². The van der Waals surface area contributed by atoms with E-state index in [0.29, 0.717) is 0 Å². The van der Waals surface area contributed by atoms with E-state index < -0.39 is 0 Å². The van der Waals surface area contributed by atoms with E-state index in [1.165, 1.54) is 0 Å². The lowest BCUT2D eigenvalue weighted by Gasteiger charge is -1.88. The number of hydrogen-bond donors (Lipinski definition) is 0. The van der Waals surface area contributed by atoms with Crippen molar-refractivity contribution in [3.05, 3.63) is 22.2 Å². The van der Waals surface area contributed by atoms with Crippen molar-refractivity contribution in [1.29, 1.82) is 0 Å². The van der Waals surface area contributed by atoms with E-state index in [9.17, 15) is 4.79 Å². The first-order valence-electron chi connectivity index (χ1n) is 3.05. The first-order valence-corrected chi connectivity index (χ1v) is 3.85. The Labute approximate surface area is 69.9 Å². The second-order valence-electron chi connectivity index (χ2n) is 2.16. The molecule has 0 rings (SSSR count). The molecule has 0 aromatic heterocycles. The minimum absolute atomic E-state index is 0.116. The molecule has 0 aromatic carbocycles. The van der Waals surface area contributed by atoms with E-state index in [1.807, 2.05) is 13.0 Å². The second kappa shape index (κ2) is 4.45. The summed E-state index contributed by atoms with van der Waals surface area (Å²) in [5, 5.41) is 0. The number of Topliss-reactive ketones (excluding diaryl/α,β-unsaturated/α-hetero) is 1. The maximum Gasteiger partial charge on any atom is 0.155 e. The average Bonchev–Trinajstić information content (AvgIpc) is 1.82. The first-order chi connectivity index (χ1) is 4.54. The van der Waals surface area contributed by atoms with Crippen LogP contribution in [0.15, 0.2) is 22.2 Å². The van der Waals surface area contributed by atoms with Crippen LogP contribution in [0.4, 0.5) is 0 Å². The fraction of sp³-hybridized carbons (Fsp3) is 0.375. The number of hydrogen-bond acceptors (Lipinski definition) is 1. The van der Waals surface area contributed by atoms with Crippen molar-refractivity contribution in [2.75, 3.05) is 0 Å². The highest BCUT2D eigenvalue weighted by atomic mass is 79.9. The molecule has 0 saturated carbocycles. The summed E-state index contributed by atoms with van der Waals surface area (Å²) in [4.78, 5) is 10.6. The molecule has 0 atom stereocenters. The molecule has 0 unspecified atom stereocenters. The summed E-state index contributed by atoms with van der Waals surface area (Å²) >= 11 is 3.26. The van der Waals surface area contributed by atoms with Crippen molar-refractivity contribution >= 4 is 21.7 Å². The van der Waals surface area contributed by atoms with Crippen molar-refractivity contribution in [3.8, 4) is 0 Å². The van der Waals surface area contributed by atoms with Gasteiger partial charge < -0.3 is 0 Å². The van der Waals surface area contributed by atoms with E-state index in [2.05, 4.69) is 15.9 Å². The number of carbonyl (C=O) groups is 1. The van der Waals surface area contributed by atoms with Gasteiger partial charge in [-0.1, -0.05) is 28.1 Å². The molecule has 0 amide bonds. The number of rotatable bonds is 2. The highest BCUT2D eigenvalue weighted by molar-refractivity contribution is 9.11. The number of carbonyl (C=O) groups excluding carboxylic acids is 1. The molecule has 0 fully saturated rings. The predicted octanol–water partition coefficient (Wildman–Crippen LogP) is 2.82. The van der Waals surface area contributed by atoms with Gasteiger partial charge in [-0.25, -0.2) is 0 Å². The van der Waals surface area contributed by atoms with E-state index in [0.717, 1.165) is 10.1 Å². The Morgan fingerprint density at radius 1 is 1.20 bits per heavy atom. The summed E-state index contributed by atoms with van der Waals surface area (Å²) in [6, 6.07) is 0. The zero-order valence-corrected chi connectivity index (χ0v) is 8.03. The first kappa shape index (κ1) is 9.63. The maximum atomic E-state index is 10.6. The Balaban J connectivity index is 4.19. The van der Waals surface area contributed by atoms with Crippen molar-refractivity contribution < 1.29 is 4.79 Å². The molecule has 0 spiro atoms. The summed E-state index contributed by atoms with van der Waals surface area (Å²) in [6.07, 6.45) is 3.66. The summed E-state index contributed by atoms with van der Waals surface area (Å²) in [5.41, 5.74) is 0.777. The van der Waals surface area contributed by atoms with Crippen LogP contribution in [0.1, 0.15) is 20.8 Å². The Bertz CT molecular complexity index is 185. The van der Waals surface area contributed by atoms with Gasteiger partial charge in [-0.3, -0.25) is 4.79 Å². The van der Waals surface area contributed by atoms with Gasteiger partial charge >= 0.3 is 0 Å². The molecule has 10 heavy (non-hydrogen) atoms. The summed E-state index contributed by atoms with van der Waals surface area (Å²) in [7, 11) is 0. The van der Waals surface area contributed by atoms with Crippen LogP contribution < -0.4 is 0 Å². The molecule has 0 N–H and O–H groups in total. The minimum Gasteiger partial charge on any atom is -0.295 e. The molecule has 1 nitrogen and oxygen atoms in total. The van der Waals surface area contributed by atoms with E-state index >= 15 is 0 Å². The third-order valence-electron chi connectivity index (χ3n) is 1.12. The molecule has 0 radical (unpaired) electrons. The smallest absolute Gasteiger partial charge is 0.155 e. The third-order valence-corrected chi connectivity index (χ3v) is 1.38. The molecule has 56 valence electrons. The van der Waals surface area contributed by atoms with Gasteiger partial charge in [0.15, 0.2) is 5.78 Å². The zero-order chi connectivity index (χ0) is 8.15. The van der Waals surface area contributed by atoms with E-state index in [-0.39, 0.29) is 5.78 Å². The zero-order valence-electron chi connectivity index (χ0n) is 6.44. The standard InChI is InChI=1S/C8H11BrO/c1-6(8(3)10)4-5-7(2)9/h4-5H,1-3H3.